The molecule has 1 aliphatic rings. The van der Waals surface area contributed by atoms with Crippen LogP contribution in [0.1, 0.15) is 13.8 Å². The lowest BCUT2D eigenvalue weighted by Gasteiger charge is -2.29. The molecule has 3 nitrogen and oxygen atoms in total. The third-order valence-corrected chi connectivity index (χ3v) is 6.03. The zero-order chi connectivity index (χ0) is 11.9. The molecule has 1 aromatic rings. The maximum absolute atomic E-state index is 12.3. The van der Waals surface area contributed by atoms with Crippen molar-refractivity contribution >= 4 is 31.5 Å². The van der Waals surface area contributed by atoms with Crippen LogP contribution in [0.5, 0.6) is 0 Å². The molecule has 0 bridgehead atoms. The molecule has 1 atom stereocenters. The molecule has 0 saturated carbocycles. The van der Waals surface area contributed by atoms with E-state index in [1.165, 1.54) is 0 Å². The molecule has 0 amide bonds. The van der Waals surface area contributed by atoms with Crippen LogP contribution >= 0.6 is 15.9 Å². The number of sulfone groups is 1. The van der Waals surface area contributed by atoms with E-state index in [0.29, 0.717) is 17.1 Å². The number of nitrogens with one attached hydrogen (secondary N) is 1. The molecule has 2 rings (SSSR count). The number of fused-ring (bicyclic) bond motifs is 1. The molecule has 0 fully saturated rings. The van der Waals surface area contributed by atoms with Crippen LogP contribution in [0.4, 0.5) is 5.69 Å². The van der Waals surface area contributed by atoms with Crippen molar-refractivity contribution in [3.63, 3.8) is 0 Å². The minimum absolute atomic E-state index is 0.115. The molecule has 0 spiro atoms. The van der Waals surface area contributed by atoms with E-state index in [2.05, 4.69) is 21.2 Å². The first-order chi connectivity index (χ1) is 7.44. The Morgan fingerprint density at radius 3 is 2.75 bits per heavy atom. The van der Waals surface area contributed by atoms with Crippen LogP contribution in [0.3, 0.4) is 0 Å². The standard InChI is InChI=1S/C11H14BrNO2S/c1-7(2)10-6-13-11-8(12)4-3-5-9(11)16(10,14)15/h3-5,7,10,13H,6H2,1-2H3. The molecule has 1 heterocycles. The van der Waals surface area contributed by atoms with Crippen LogP contribution in [0.15, 0.2) is 27.6 Å². The highest BCUT2D eigenvalue weighted by atomic mass is 79.9. The first kappa shape index (κ1) is 11.9. The maximum Gasteiger partial charge on any atom is 0.185 e. The summed E-state index contributed by atoms with van der Waals surface area (Å²) in [6.07, 6.45) is 0. The Bertz CT molecular complexity index is 511. The molecular weight excluding hydrogens is 290 g/mol. The van der Waals surface area contributed by atoms with Crippen LogP contribution in [-0.2, 0) is 9.84 Å². The second kappa shape index (κ2) is 4.04. The Kier molecular flexibility index (Phi) is 3.01. The molecule has 5 heteroatoms. The SMILES string of the molecule is CC(C)C1CNc2c(Br)cccc2S1(=O)=O. The molecule has 1 aromatic carbocycles. The summed E-state index contributed by atoms with van der Waals surface area (Å²) in [6.45, 7) is 4.36. The topological polar surface area (TPSA) is 46.2 Å². The zero-order valence-corrected chi connectivity index (χ0v) is 11.6. The summed E-state index contributed by atoms with van der Waals surface area (Å²) in [5.74, 6) is 0.115. The summed E-state index contributed by atoms with van der Waals surface area (Å²) in [5, 5.41) is 2.85. The molecule has 1 unspecified atom stereocenters. The maximum atomic E-state index is 12.3. The Morgan fingerprint density at radius 1 is 1.44 bits per heavy atom. The summed E-state index contributed by atoms with van der Waals surface area (Å²) in [7, 11) is -3.20. The van der Waals surface area contributed by atoms with Crippen molar-refractivity contribution in [3.8, 4) is 0 Å². The Labute approximate surface area is 104 Å². The van der Waals surface area contributed by atoms with Gasteiger partial charge in [-0.25, -0.2) is 8.42 Å². The minimum atomic E-state index is -3.20. The predicted molar refractivity (Wildman–Crippen MR) is 68.4 cm³/mol. The number of rotatable bonds is 1. The van der Waals surface area contributed by atoms with E-state index >= 15 is 0 Å². The quantitative estimate of drug-likeness (QED) is 0.867. The normalized spacial score (nSPS) is 22.6. The molecule has 0 radical (unpaired) electrons. The average molecular weight is 304 g/mol. The lowest BCUT2D eigenvalue weighted by Crippen LogP contribution is -2.38. The molecule has 16 heavy (non-hydrogen) atoms. The number of hydrogen-bond donors (Lipinski definition) is 1. The number of anilines is 1. The van der Waals surface area contributed by atoms with Crippen molar-refractivity contribution < 1.29 is 8.42 Å². The van der Waals surface area contributed by atoms with Gasteiger partial charge in [0.15, 0.2) is 9.84 Å². The van der Waals surface area contributed by atoms with Crippen molar-refractivity contribution in [1.29, 1.82) is 0 Å². The van der Waals surface area contributed by atoms with Gasteiger partial charge in [0.1, 0.15) is 0 Å². The van der Waals surface area contributed by atoms with Gasteiger partial charge in [-0.1, -0.05) is 19.9 Å². The molecule has 0 saturated heterocycles. The highest BCUT2D eigenvalue weighted by Crippen LogP contribution is 2.36. The zero-order valence-electron chi connectivity index (χ0n) is 9.20. The Hall–Kier alpha value is -0.550. The second-order valence-electron chi connectivity index (χ2n) is 4.32. The van der Waals surface area contributed by atoms with Crippen LogP contribution < -0.4 is 5.32 Å². The Balaban J connectivity index is 2.60. The van der Waals surface area contributed by atoms with Crippen LogP contribution in [0.2, 0.25) is 0 Å². The van der Waals surface area contributed by atoms with Crippen molar-refractivity contribution in [1.82, 2.24) is 0 Å². The first-order valence-electron chi connectivity index (χ1n) is 5.21. The van der Waals surface area contributed by atoms with E-state index in [-0.39, 0.29) is 11.2 Å². The van der Waals surface area contributed by atoms with Gasteiger partial charge in [-0.15, -0.1) is 0 Å². The third-order valence-electron chi connectivity index (χ3n) is 2.90. The molecule has 0 aliphatic carbocycles. The number of halogens is 1. The molecular formula is C11H14BrNO2S. The average Bonchev–Trinajstić information content (AvgIpc) is 2.18. The largest absolute Gasteiger partial charge is 0.382 e. The van der Waals surface area contributed by atoms with E-state index in [1.54, 1.807) is 12.1 Å². The predicted octanol–water partition coefficient (Wildman–Crippen LogP) is 2.67. The smallest absolute Gasteiger partial charge is 0.185 e. The summed E-state index contributed by atoms with van der Waals surface area (Å²) in [5.41, 5.74) is 0.694. The van der Waals surface area contributed by atoms with Gasteiger partial charge in [0, 0.05) is 11.0 Å². The van der Waals surface area contributed by atoms with Crippen molar-refractivity contribution in [2.24, 2.45) is 5.92 Å². The lowest BCUT2D eigenvalue weighted by atomic mass is 10.1. The van der Waals surface area contributed by atoms with E-state index in [0.717, 1.165) is 4.47 Å². The number of para-hydroxylation sites is 1. The highest BCUT2D eigenvalue weighted by molar-refractivity contribution is 9.10. The van der Waals surface area contributed by atoms with Crippen molar-refractivity contribution in [2.45, 2.75) is 24.0 Å². The van der Waals surface area contributed by atoms with Gasteiger partial charge in [-0.05, 0) is 34.0 Å². The fraction of sp³-hybridized carbons (Fsp3) is 0.455. The van der Waals surface area contributed by atoms with Gasteiger partial charge in [0.25, 0.3) is 0 Å². The Morgan fingerprint density at radius 2 is 2.12 bits per heavy atom. The van der Waals surface area contributed by atoms with E-state index in [4.69, 9.17) is 0 Å². The van der Waals surface area contributed by atoms with Gasteiger partial charge in [-0.3, -0.25) is 0 Å². The van der Waals surface area contributed by atoms with Crippen LogP contribution in [0, 0.1) is 5.92 Å². The van der Waals surface area contributed by atoms with E-state index in [1.807, 2.05) is 19.9 Å². The molecule has 1 N–H and O–H groups in total. The van der Waals surface area contributed by atoms with Gasteiger partial charge < -0.3 is 5.32 Å². The molecule has 1 aliphatic heterocycles. The minimum Gasteiger partial charge on any atom is -0.382 e. The molecule has 0 aromatic heterocycles. The third kappa shape index (κ3) is 1.76. The number of benzene rings is 1. The summed E-state index contributed by atoms with van der Waals surface area (Å²) in [6, 6.07) is 5.26. The van der Waals surface area contributed by atoms with Crippen molar-refractivity contribution in [2.75, 3.05) is 11.9 Å². The number of hydrogen-bond acceptors (Lipinski definition) is 3. The summed E-state index contributed by atoms with van der Waals surface area (Å²) < 4.78 is 25.5. The van der Waals surface area contributed by atoms with Gasteiger partial charge in [-0.2, -0.15) is 0 Å². The lowest BCUT2D eigenvalue weighted by molar-refractivity contribution is 0.533. The van der Waals surface area contributed by atoms with Gasteiger partial charge in [0.2, 0.25) is 0 Å². The first-order valence-corrected chi connectivity index (χ1v) is 7.55. The van der Waals surface area contributed by atoms with E-state index in [9.17, 15) is 8.42 Å². The second-order valence-corrected chi connectivity index (χ2v) is 7.31. The van der Waals surface area contributed by atoms with Crippen molar-refractivity contribution in [3.05, 3.63) is 22.7 Å². The molecule has 88 valence electrons. The van der Waals surface area contributed by atoms with E-state index < -0.39 is 9.84 Å². The fourth-order valence-corrected chi connectivity index (χ4v) is 4.70. The summed E-state index contributed by atoms with van der Waals surface area (Å²) >= 11 is 3.36. The van der Waals surface area contributed by atoms with Crippen LogP contribution in [0.25, 0.3) is 0 Å². The highest BCUT2D eigenvalue weighted by Gasteiger charge is 2.36. The monoisotopic (exact) mass is 303 g/mol. The van der Waals surface area contributed by atoms with Crippen LogP contribution in [-0.4, -0.2) is 20.2 Å². The van der Waals surface area contributed by atoms with Gasteiger partial charge in [0.05, 0.1) is 15.8 Å². The summed E-state index contributed by atoms with van der Waals surface area (Å²) in [4.78, 5) is 0.409. The fourth-order valence-electron chi connectivity index (χ4n) is 1.98. The van der Waals surface area contributed by atoms with Gasteiger partial charge >= 0.3 is 0 Å².